The van der Waals surface area contributed by atoms with Crippen molar-refractivity contribution in [2.75, 3.05) is 0 Å². The first-order valence-corrected chi connectivity index (χ1v) is 15.3. The maximum absolute atomic E-state index is 7.53. The molecule has 5 heteroatoms. The third kappa shape index (κ3) is 2.59. The highest BCUT2D eigenvalue weighted by atomic mass is 16.5. The van der Waals surface area contributed by atoms with Gasteiger partial charge in [-0.05, 0) is 100 Å². The fraction of sp³-hybridized carbons (Fsp3) is 0.429. The van der Waals surface area contributed by atoms with E-state index in [2.05, 4.69) is 92.4 Å². The Morgan fingerprint density at radius 2 is 0.975 bits per heavy atom. The summed E-state index contributed by atoms with van der Waals surface area (Å²) in [6.45, 7) is 2.11. The lowest BCUT2D eigenvalue weighted by atomic mass is 9.54. The topological polar surface area (TPSA) is 42.8 Å². The Morgan fingerprint density at radius 1 is 0.575 bits per heavy atom. The standard InChI is InChI=1S/C35H34N4O/c1-11-36-12-2-22(1)24-5-15-38(16-6-24)19-9-34-30-26-21-27-29-28(26)32(34)33(29)35(40-34,31(27)30)10-20-39-17-7-25(8-18-39)23-3-13-37-14-4-23/h1-8,11-18,26-33H,9-10,19-21H2/q+2/t26-,27+,28+,29-,30-,31+,32+,33-,34-,35+. The van der Waals surface area contributed by atoms with Gasteiger partial charge in [0.05, 0.1) is 11.2 Å². The summed E-state index contributed by atoms with van der Waals surface area (Å²) in [6.07, 6.45) is 20.4. The predicted molar refractivity (Wildman–Crippen MR) is 148 cm³/mol. The Labute approximate surface area is 234 Å². The summed E-state index contributed by atoms with van der Waals surface area (Å²) in [4.78, 5) is 8.32. The number of pyridine rings is 4. The molecule has 2 aliphatic heterocycles. The van der Waals surface area contributed by atoms with E-state index >= 15 is 0 Å². The fourth-order valence-electron chi connectivity index (χ4n) is 11.6. The average Bonchev–Trinajstić information content (AvgIpc) is 3.70. The fourth-order valence-corrected chi connectivity index (χ4v) is 11.6. The van der Waals surface area contributed by atoms with Crippen molar-refractivity contribution in [3.05, 3.63) is 98.1 Å². The van der Waals surface area contributed by atoms with Crippen LogP contribution in [0, 0.1) is 47.3 Å². The van der Waals surface area contributed by atoms with E-state index in [1.54, 1.807) is 0 Å². The molecule has 4 aromatic heterocycles. The van der Waals surface area contributed by atoms with E-state index in [0.717, 1.165) is 60.4 Å². The SMILES string of the molecule is c1cc(-c2cc[n+](CC[C@@]34O[C@]5(CC[n+]6ccc(-c7ccncc7)cc6)[C@@H]6[C@@H]7C[C@@H]([C@@H]8[C@H]7[C@H]5[C@@H]83)[C@@H]64)cc2)ccn1. The van der Waals surface area contributed by atoms with E-state index in [0.29, 0.717) is 0 Å². The van der Waals surface area contributed by atoms with Crippen LogP contribution in [0.1, 0.15) is 19.3 Å². The number of hydrogen-bond acceptors (Lipinski definition) is 3. The molecule has 5 aliphatic carbocycles. The molecule has 0 aromatic carbocycles. The van der Waals surface area contributed by atoms with Gasteiger partial charge in [-0.15, -0.1) is 0 Å². The second-order valence-corrected chi connectivity index (χ2v) is 13.5. The van der Waals surface area contributed by atoms with E-state index < -0.39 is 0 Å². The third-order valence-electron chi connectivity index (χ3n) is 12.5. The first-order valence-electron chi connectivity index (χ1n) is 15.3. The molecule has 4 bridgehead atoms. The number of hydrogen-bond donors (Lipinski definition) is 0. The molecule has 198 valence electrons. The van der Waals surface area contributed by atoms with Gasteiger partial charge < -0.3 is 4.74 Å². The van der Waals surface area contributed by atoms with Crippen LogP contribution in [0.2, 0.25) is 0 Å². The molecule has 11 rings (SSSR count). The van der Waals surface area contributed by atoms with Crippen molar-refractivity contribution >= 4 is 0 Å². The van der Waals surface area contributed by atoms with E-state index in [4.69, 9.17) is 4.74 Å². The van der Waals surface area contributed by atoms with Crippen molar-refractivity contribution in [2.24, 2.45) is 47.3 Å². The number of nitrogens with zero attached hydrogens (tertiary/aromatic N) is 4. The van der Waals surface area contributed by atoms with Crippen LogP contribution < -0.4 is 9.13 Å². The number of aromatic nitrogens is 4. The summed E-state index contributed by atoms with van der Waals surface area (Å²) in [5.74, 6) is 7.16. The van der Waals surface area contributed by atoms with Crippen molar-refractivity contribution in [2.45, 2.75) is 43.6 Å². The lowest BCUT2D eigenvalue weighted by Crippen LogP contribution is -2.53. The molecule has 4 aromatic rings. The van der Waals surface area contributed by atoms with Crippen LogP contribution in [0.4, 0.5) is 0 Å². The highest BCUT2D eigenvalue weighted by Gasteiger charge is 2.96. The van der Waals surface area contributed by atoms with Crippen LogP contribution in [0.15, 0.2) is 98.1 Å². The van der Waals surface area contributed by atoms with Crippen LogP contribution >= 0.6 is 0 Å². The van der Waals surface area contributed by atoms with Crippen LogP contribution in [-0.4, -0.2) is 21.2 Å². The number of ether oxygens (including phenoxy) is 1. The average molecular weight is 527 g/mol. The zero-order valence-corrected chi connectivity index (χ0v) is 22.6. The van der Waals surface area contributed by atoms with Gasteiger partial charge in [-0.25, -0.2) is 9.13 Å². The lowest BCUT2D eigenvalue weighted by Gasteiger charge is -2.47. The van der Waals surface area contributed by atoms with Crippen LogP contribution in [0.3, 0.4) is 0 Å². The van der Waals surface area contributed by atoms with Gasteiger partial charge in [0.15, 0.2) is 37.9 Å². The quantitative estimate of drug-likeness (QED) is 0.311. The molecule has 0 spiro atoms. The smallest absolute Gasteiger partial charge is 0.169 e. The zero-order valence-electron chi connectivity index (χ0n) is 22.6. The summed E-state index contributed by atoms with van der Waals surface area (Å²) in [6, 6.07) is 17.3. The third-order valence-corrected chi connectivity index (χ3v) is 12.5. The van der Waals surface area contributed by atoms with Crippen molar-refractivity contribution in [1.82, 2.24) is 9.97 Å². The summed E-state index contributed by atoms with van der Waals surface area (Å²) < 4.78 is 12.3. The molecule has 40 heavy (non-hydrogen) atoms. The van der Waals surface area contributed by atoms with Gasteiger partial charge in [-0.1, -0.05) is 0 Å². The second-order valence-electron chi connectivity index (χ2n) is 13.5. The molecule has 10 atom stereocenters. The molecule has 5 saturated carbocycles. The summed E-state index contributed by atoms with van der Waals surface area (Å²) >= 11 is 0. The molecule has 0 radical (unpaired) electrons. The maximum atomic E-state index is 7.53. The van der Waals surface area contributed by atoms with Crippen LogP contribution in [-0.2, 0) is 17.8 Å². The Hall–Kier alpha value is -3.44. The Kier molecular flexibility index (Phi) is 4.25. The highest BCUT2D eigenvalue weighted by Crippen LogP contribution is 2.93. The van der Waals surface area contributed by atoms with Crippen molar-refractivity contribution < 1.29 is 13.9 Å². The van der Waals surface area contributed by atoms with Gasteiger partial charge in [-0.3, -0.25) is 9.97 Å². The largest absolute Gasteiger partial charge is 0.367 e. The van der Waals surface area contributed by atoms with Crippen LogP contribution in [0.25, 0.3) is 22.3 Å². The summed E-state index contributed by atoms with van der Waals surface area (Å²) in [5.41, 5.74) is 5.23. The highest BCUT2D eigenvalue weighted by molar-refractivity contribution is 5.62. The second kappa shape index (κ2) is 7.64. The van der Waals surface area contributed by atoms with E-state index in [9.17, 15) is 0 Å². The molecule has 2 saturated heterocycles. The molecular formula is C35H34N4O+2. The first kappa shape index (κ1) is 22.3. The normalized spacial score (nSPS) is 39.9. The Bertz CT molecular complexity index is 1480. The monoisotopic (exact) mass is 526 g/mol. The molecule has 0 unspecified atom stereocenters. The number of rotatable bonds is 8. The van der Waals surface area contributed by atoms with Crippen molar-refractivity contribution in [3.8, 4) is 22.3 Å². The molecule has 7 aliphatic rings. The lowest BCUT2D eigenvalue weighted by molar-refractivity contribution is -0.699. The van der Waals surface area contributed by atoms with E-state index in [1.807, 2.05) is 24.8 Å². The van der Waals surface area contributed by atoms with Crippen molar-refractivity contribution in [1.29, 1.82) is 0 Å². The van der Waals surface area contributed by atoms with Gasteiger partial charge in [0.2, 0.25) is 0 Å². The molecule has 7 fully saturated rings. The molecule has 0 amide bonds. The first-order chi connectivity index (χ1) is 19.8. The van der Waals surface area contributed by atoms with Crippen LogP contribution in [0.5, 0.6) is 0 Å². The number of aryl methyl sites for hydroxylation is 2. The van der Waals surface area contributed by atoms with E-state index in [-0.39, 0.29) is 11.2 Å². The Morgan fingerprint density at radius 3 is 1.40 bits per heavy atom. The maximum Gasteiger partial charge on any atom is 0.169 e. The van der Waals surface area contributed by atoms with Gasteiger partial charge in [0, 0.05) is 61.9 Å². The summed E-state index contributed by atoms with van der Waals surface area (Å²) in [7, 11) is 0. The zero-order chi connectivity index (χ0) is 26.1. The minimum atomic E-state index is 0.138. The molecule has 0 N–H and O–H groups in total. The molecular weight excluding hydrogens is 492 g/mol. The minimum absolute atomic E-state index is 0.138. The van der Waals surface area contributed by atoms with E-state index in [1.165, 1.54) is 41.5 Å². The van der Waals surface area contributed by atoms with Crippen molar-refractivity contribution in [3.63, 3.8) is 0 Å². The van der Waals surface area contributed by atoms with Gasteiger partial charge in [0.1, 0.15) is 0 Å². The predicted octanol–water partition coefficient (Wildman–Crippen LogP) is 4.76. The van der Waals surface area contributed by atoms with Gasteiger partial charge in [-0.2, -0.15) is 0 Å². The Balaban J connectivity index is 0.893. The van der Waals surface area contributed by atoms with Gasteiger partial charge >= 0.3 is 0 Å². The summed E-state index contributed by atoms with van der Waals surface area (Å²) in [5, 5.41) is 0. The molecule has 6 heterocycles. The molecule has 5 nitrogen and oxygen atoms in total. The minimum Gasteiger partial charge on any atom is -0.367 e. The van der Waals surface area contributed by atoms with Gasteiger partial charge in [0.25, 0.3) is 0 Å².